The SMILES string of the molecule is Cc1nn(C)c(C)c1CNCC(O)CS(=O)(=O)c1cccs1. The van der Waals surface area contributed by atoms with Crippen molar-refractivity contribution in [3.8, 4) is 0 Å². The van der Waals surface area contributed by atoms with Gasteiger partial charge in [0.1, 0.15) is 4.21 Å². The van der Waals surface area contributed by atoms with E-state index in [0.717, 1.165) is 17.0 Å². The number of aromatic nitrogens is 2. The first kappa shape index (κ1) is 17.1. The summed E-state index contributed by atoms with van der Waals surface area (Å²) < 4.78 is 26.2. The standard InChI is InChI=1S/C14H21N3O3S2/c1-10-13(11(2)17(3)16-10)8-15-7-12(18)9-22(19,20)14-5-4-6-21-14/h4-6,12,15,18H,7-9H2,1-3H3. The predicted molar refractivity (Wildman–Crippen MR) is 86.8 cm³/mol. The van der Waals surface area contributed by atoms with Crippen LogP contribution in [0.15, 0.2) is 21.7 Å². The molecule has 0 radical (unpaired) electrons. The normalized spacial score (nSPS) is 13.5. The molecule has 0 saturated heterocycles. The maximum absolute atomic E-state index is 12.1. The molecule has 0 amide bonds. The highest BCUT2D eigenvalue weighted by molar-refractivity contribution is 7.93. The number of aliphatic hydroxyl groups excluding tert-OH is 1. The minimum Gasteiger partial charge on any atom is -0.391 e. The minimum atomic E-state index is -3.41. The third kappa shape index (κ3) is 3.95. The molecule has 22 heavy (non-hydrogen) atoms. The van der Waals surface area contributed by atoms with Gasteiger partial charge in [-0.05, 0) is 25.3 Å². The van der Waals surface area contributed by atoms with Crippen LogP contribution < -0.4 is 5.32 Å². The highest BCUT2D eigenvalue weighted by Crippen LogP contribution is 2.18. The lowest BCUT2D eigenvalue weighted by Crippen LogP contribution is -2.32. The van der Waals surface area contributed by atoms with Crippen molar-refractivity contribution in [1.82, 2.24) is 15.1 Å². The van der Waals surface area contributed by atoms with Gasteiger partial charge in [0.05, 0.1) is 17.6 Å². The molecule has 0 saturated carbocycles. The second-order valence-electron chi connectivity index (χ2n) is 5.27. The first-order chi connectivity index (χ1) is 10.3. The molecule has 2 aromatic heterocycles. The number of nitrogens with one attached hydrogen (secondary N) is 1. The molecule has 0 aliphatic rings. The molecule has 2 heterocycles. The maximum Gasteiger partial charge on any atom is 0.190 e. The van der Waals surface area contributed by atoms with Gasteiger partial charge in [0, 0.05) is 31.4 Å². The topological polar surface area (TPSA) is 84.2 Å². The molecule has 0 aliphatic carbocycles. The molecular formula is C14H21N3O3S2. The van der Waals surface area contributed by atoms with Crippen molar-refractivity contribution in [2.24, 2.45) is 7.05 Å². The molecule has 0 aromatic carbocycles. The monoisotopic (exact) mass is 343 g/mol. The van der Waals surface area contributed by atoms with E-state index in [1.165, 1.54) is 11.3 Å². The Balaban J connectivity index is 1.87. The summed E-state index contributed by atoms with van der Waals surface area (Å²) in [6.07, 6.45) is -0.940. The van der Waals surface area contributed by atoms with Crippen LogP contribution in [0.1, 0.15) is 17.0 Å². The van der Waals surface area contributed by atoms with Crippen LogP contribution in [0.2, 0.25) is 0 Å². The Bertz CT molecular complexity index is 721. The van der Waals surface area contributed by atoms with Gasteiger partial charge in [0.25, 0.3) is 0 Å². The fourth-order valence-corrected chi connectivity index (χ4v) is 4.75. The van der Waals surface area contributed by atoms with Crippen molar-refractivity contribution in [2.75, 3.05) is 12.3 Å². The number of sulfone groups is 1. The van der Waals surface area contributed by atoms with Gasteiger partial charge in [0.15, 0.2) is 9.84 Å². The van der Waals surface area contributed by atoms with Gasteiger partial charge in [-0.1, -0.05) is 6.07 Å². The van der Waals surface area contributed by atoms with Crippen molar-refractivity contribution >= 4 is 21.2 Å². The summed E-state index contributed by atoms with van der Waals surface area (Å²) in [6.45, 7) is 4.69. The molecule has 6 nitrogen and oxygen atoms in total. The minimum absolute atomic E-state index is 0.221. The summed E-state index contributed by atoms with van der Waals surface area (Å²) >= 11 is 1.17. The summed E-state index contributed by atoms with van der Waals surface area (Å²) in [6, 6.07) is 3.25. The average molecular weight is 343 g/mol. The average Bonchev–Trinajstić information content (AvgIpc) is 3.03. The zero-order valence-electron chi connectivity index (χ0n) is 12.9. The van der Waals surface area contributed by atoms with Crippen LogP contribution in [0.3, 0.4) is 0 Å². The number of rotatable bonds is 7. The lowest BCUT2D eigenvalue weighted by molar-refractivity contribution is 0.193. The fraction of sp³-hybridized carbons (Fsp3) is 0.500. The highest BCUT2D eigenvalue weighted by atomic mass is 32.2. The van der Waals surface area contributed by atoms with Crippen LogP contribution in [0.25, 0.3) is 0 Å². The highest BCUT2D eigenvalue weighted by Gasteiger charge is 2.20. The molecular weight excluding hydrogens is 322 g/mol. The Morgan fingerprint density at radius 1 is 1.45 bits per heavy atom. The van der Waals surface area contributed by atoms with Gasteiger partial charge < -0.3 is 10.4 Å². The largest absolute Gasteiger partial charge is 0.391 e. The molecule has 1 atom stereocenters. The van der Waals surface area contributed by atoms with Crippen molar-refractivity contribution < 1.29 is 13.5 Å². The Morgan fingerprint density at radius 2 is 2.18 bits per heavy atom. The number of aliphatic hydroxyl groups is 1. The van der Waals surface area contributed by atoms with Crippen LogP contribution in [-0.2, 0) is 23.4 Å². The van der Waals surface area contributed by atoms with E-state index in [9.17, 15) is 13.5 Å². The van der Waals surface area contributed by atoms with Crippen LogP contribution in [0, 0.1) is 13.8 Å². The van der Waals surface area contributed by atoms with Gasteiger partial charge in [-0.2, -0.15) is 5.10 Å². The summed E-state index contributed by atoms with van der Waals surface area (Å²) in [7, 11) is -1.53. The lowest BCUT2D eigenvalue weighted by atomic mass is 10.2. The van der Waals surface area contributed by atoms with Gasteiger partial charge in [-0.3, -0.25) is 4.68 Å². The summed E-state index contributed by atoms with van der Waals surface area (Å²) in [5.41, 5.74) is 3.08. The van der Waals surface area contributed by atoms with Crippen molar-refractivity contribution in [1.29, 1.82) is 0 Å². The van der Waals surface area contributed by atoms with Crippen molar-refractivity contribution in [2.45, 2.75) is 30.7 Å². The van der Waals surface area contributed by atoms with E-state index in [2.05, 4.69) is 10.4 Å². The van der Waals surface area contributed by atoms with Gasteiger partial charge in [0.2, 0.25) is 0 Å². The number of aryl methyl sites for hydroxylation is 2. The molecule has 8 heteroatoms. The molecule has 0 bridgehead atoms. The summed E-state index contributed by atoms with van der Waals surface area (Å²) in [5, 5.41) is 19.1. The molecule has 0 aliphatic heterocycles. The first-order valence-electron chi connectivity index (χ1n) is 6.95. The third-order valence-electron chi connectivity index (χ3n) is 3.55. The van der Waals surface area contributed by atoms with Crippen LogP contribution in [0.5, 0.6) is 0 Å². The predicted octanol–water partition coefficient (Wildman–Crippen LogP) is 1.02. The molecule has 2 aromatic rings. The third-order valence-corrected chi connectivity index (χ3v) is 6.84. The first-order valence-corrected chi connectivity index (χ1v) is 9.48. The van der Waals surface area contributed by atoms with Crippen LogP contribution in [0.4, 0.5) is 0 Å². The molecule has 0 spiro atoms. The number of hydrogen-bond acceptors (Lipinski definition) is 6. The molecule has 2 rings (SSSR count). The van der Waals surface area contributed by atoms with Crippen LogP contribution >= 0.6 is 11.3 Å². The number of hydrogen-bond donors (Lipinski definition) is 2. The van der Waals surface area contributed by atoms with E-state index in [1.54, 1.807) is 17.5 Å². The smallest absolute Gasteiger partial charge is 0.190 e. The fourth-order valence-electron chi connectivity index (χ4n) is 2.27. The lowest BCUT2D eigenvalue weighted by Gasteiger charge is -2.12. The number of nitrogens with zero attached hydrogens (tertiary/aromatic N) is 2. The second-order valence-corrected chi connectivity index (χ2v) is 8.48. The molecule has 122 valence electrons. The van der Waals surface area contributed by atoms with E-state index < -0.39 is 15.9 Å². The van der Waals surface area contributed by atoms with Crippen molar-refractivity contribution in [3.05, 3.63) is 34.5 Å². The van der Waals surface area contributed by atoms with E-state index >= 15 is 0 Å². The Morgan fingerprint density at radius 3 is 2.73 bits per heavy atom. The van der Waals surface area contributed by atoms with E-state index in [1.807, 2.05) is 25.6 Å². The van der Waals surface area contributed by atoms with Gasteiger partial charge in [-0.25, -0.2) is 8.42 Å². The zero-order chi connectivity index (χ0) is 16.3. The summed E-state index contributed by atoms with van der Waals surface area (Å²) in [4.78, 5) is 0. The molecule has 2 N–H and O–H groups in total. The molecule has 0 fully saturated rings. The van der Waals surface area contributed by atoms with Gasteiger partial charge in [-0.15, -0.1) is 11.3 Å². The van der Waals surface area contributed by atoms with Gasteiger partial charge >= 0.3 is 0 Å². The summed E-state index contributed by atoms with van der Waals surface area (Å²) in [5.74, 6) is -0.272. The van der Waals surface area contributed by atoms with Crippen molar-refractivity contribution in [3.63, 3.8) is 0 Å². The second kappa shape index (κ2) is 6.91. The zero-order valence-corrected chi connectivity index (χ0v) is 14.5. The van der Waals surface area contributed by atoms with E-state index in [0.29, 0.717) is 10.8 Å². The Labute approximate surface area is 134 Å². The van der Waals surface area contributed by atoms with E-state index in [-0.39, 0.29) is 12.3 Å². The quantitative estimate of drug-likeness (QED) is 0.784. The molecule has 1 unspecified atom stereocenters. The van der Waals surface area contributed by atoms with Crippen LogP contribution in [-0.4, -0.2) is 41.7 Å². The Hall–Kier alpha value is -1.22. The maximum atomic E-state index is 12.1. The number of thiophene rings is 1. The van der Waals surface area contributed by atoms with E-state index in [4.69, 9.17) is 0 Å². The Kier molecular flexibility index (Phi) is 5.38.